The summed E-state index contributed by atoms with van der Waals surface area (Å²) in [6.45, 7) is 0.319. The van der Waals surface area contributed by atoms with Gasteiger partial charge in [0.05, 0.1) is 17.8 Å². The highest BCUT2D eigenvalue weighted by Crippen LogP contribution is 2.04. The molecule has 0 unspecified atom stereocenters. The van der Waals surface area contributed by atoms with Crippen LogP contribution >= 0.6 is 0 Å². The van der Waals surface area contributed by atoms with Crippen molar-refractivity contribution in [2.75, 3.05) is 0 Å². The predicted octanol–water partition coefficient (Wildman–Crippen LogP) is 0.926. The van der Waals surface area contributed by atoms with Gasteiger partial charge in [0.2, 0.25) is 0 Å². The molecule has 0 aliphatic carbocycles. The summed E-state index contributed by atoms with van der Waals surface area (Å²) in [4.78, 5) is 20.0. The van der Waals surface area contributed by atoms with Crippen LogP contribution in [0, 0.1) is 11.3 Å². The topological polar surface area (TPSA) is 96.0 Å². The molecule has 0 fully saturated rings. The molecule has 7 nitrogen and oxygen atoms in total. The molecule has 0 saturated heterocycles. The number of hydrogen-bond acceptors (Lipinski definition) is 5. The third kappa shape index (κ3) is 2.55. The quantitative estimate of drug-likeness (QED) is 0.768. The van der Waals surface area contributed by atoms with Gasteiger partial charge in [0, 0.05) is 6.20 Å². The maximum Gasteiger partial charge on any atom is 0.253 e. The highest BCUT2D eigenvalue weighted by atomic mass is 16.1. The fraction of sp³-hybridized carbons (Fsp3) is 0.0714. The number of hydrogen-bond donors (Lipinski definition) is 1. The molecule has 0 spiro atoms. The Morgan fingerprint density at radius 3 is 2.95 bits per heavy atom. The number of fused-ring (bicyclic) bond motifs is 1. The van der Waals surface area contributed by atoms with Crippen LogP contribution in [0.15, 0.2) is 42.9 Å². The summed E-state index contributed by atoms with van der Waals surface area (Å²) in [6, 6.07) is 10.5. The SMILES string of the molecule is N#Cc1ccc(C(=O)NCc2cccc3ncnn23)cn1. The molecule has 7 heteroatoms. The summed E-state index contributed by atoms with van der Waals surface area (Å²) >= 11 is 0. The van der Waals surface area contributed by atoms with E-state index in [0.717, 1.165) is 11.3 Å². The van der Waals surface area contributed by atoms with Crippen molar-refractivity contribution in [1.29, 1.82) is 5.26 Å². The molecule has 0 aliphatic heterocycles. The van der Waals surface area contributed by atoms with Gasteiger partial charge in [-0.1, -0.05) is 6.07 Å². The summed E-state index contributed by atoms with van der Waals surface area (Å²) in [6.07, 6.45) is 2.84. The number of nitrogens with one attached hydrogen (secondary N) is 1. The van der Waals surface area contributed by atoms with E-state index < -0.39 is 0 Å². The highest BCUT2D eigenvalue weighted by Gasteiger charge is 2.08. The summed E-state index contributed by atoms with van der Waals surface area (Å²) in [7, 11) is 0. The van der Waals surface area contributed by atoms with Crippen LogP contribution in [0.25, 0.3) is 5.65 Å². The van der Waals surface area contributed by atoms with E-state index >= 15 is 0 Å². The number of aromatic nitrogens is 4. The summed E-state index contributed by atoms with van der Waals surface area (Å²) in [5, 5.41) is 15.6. The average Bonchev–Trinajstić information content (AvgIpc) is 3.02. The standard InChI is InChI=1S/C14H10N6O/c15-6-11-5-4-10(7-16-11)14(21)17-8-12-2-1-3-13-18-9-19-20(12)13/h1-5,7,9H,8H2,(H,17,21). The van der Waals surface area contributed by atoms with Crippen LogP contribution in [0.1, 0.15) is 21.7 Å². The number of rotatable bonds is 3. The zero-order valence-electron chi connectivity index (χ0n) is 10.9. The van der Waals surface area contributed by atoms with Crippen molar-refractivity contribution in [1.82, 2.24) is 24.9 Å². The van der Waals surface area contributed by atoms with E-state index in [0.29, 0.717) is 12.1 Å². The van der Waals surface area contributed by atoms with Crippen LogP contribution in [0.4, 0.5) is 0 Å². The van der Waals surface area contributed by atoms with E-state index in [9.17, 15) is 4.79 Å². The molecule has 0 aromatic carbocycles. The van der Waals surface area contributed by atoms with Gasteiger partial charge < -0.3 is 5.32 Å². The highest BCUT2D eigenvalue weighted by molar-refractivity contribution is 5.93. The van der Waals surface area contributed by atoms with E-state index in [2.05, 4.69) is 20.4 Å². The molecule has 0 bridgehead atoms. The van der Waals surface area contributed by atoms with Gasteiger partial charge in [-0.05, 0) is 24.3 Å². The minimum atomic E-state index is -0.260. The lowest BCUT2D eigenvalue weighted by atomic mass is 10.2. The van der Waals surface area contributed by atoms with Crippen molar-refractivity contribution < 1.29 is 4.79 Å². The number of nitrogens with zero attached hydrogens (tertiary/aromatic N) is 5. The van der Waals surface area contributed by atoms with Crippen LogP contribution in [0.3, 0.4) is 0 Å². The number of carbonyl (C=O) groups is 1. The maximum absolute atomic E-state index is 12.0. The molecule has 0 atom stereocenters. The number of pyridine rings is 2. The van der Waals surface area contributed by atoms with Crippen LogP contribution in [0.2, 0.25) is 0 Å². The van der Waals surface area contributed by atoms with E-state index in [1.165, 1.54) is 18.6 Å². The Kier molecular flexibility index (Phi) is 3.27. The molecule has 3 aromatic rings. The molecule has 102 valence electrons. The Morgan fingerprint density at radius 1 is 1.29 bits per heavy atom. The minimum Gasteiger partial charge on any atom is -0.346 e. The van der Waals surface area contributed by atoms with Gasteiger partial charge in [0.15, 0.2) is 5.65 Å². The third-order valence-corrected chi connectivity index (χ3v) is 2.95. The van der Waals surface area contributed by atoms with E-state index in [1.54, 1.807) is 10.6 Å². The van der Waals surface area contributed by atoms with Crippen molar-refractivity contribution in [3.63, 3.8) is 0 Å². The van der Waals surface area contributed by atoms with E-state index in [-0.39, 0.29) is 11.6 Å². The first kappa shape index (κ1) is 12.7. The molecule has 0 radical (unpaired) electrons. The molecule has 3 rings (SSSR count). The first-order valence-electron chi connectivity index (χ1n) is 6.20. The van der Waals surface area contributed by atoms with Crippen molar-refractivity contribution in [3.8, 4) is 6.07 Å². The van der Waals surface area contributed by atoms with Crippen LogP contribution in [-0.4, -0.2) is 25.5 Å². The molecule has 21 heavy (non-hydrogen) atoms. The summed E-state index contributed by atoms with van der Waals surface area (Å²) < 4.78 is 1.66. The normalized spacial score (nSPS) is 10.2. The molecule has 1 amide bonds. The fourth-order valence-electron chi connectivity index (χ4n) is 1.90. The Hall–Kier alpha value is -3.27. The summed E-state index contributed by atoms with van der Waals surface area (Å²) in [5.74, 6) is -0.260. The second kappa shape index (κ2) is 5.38. The zero-order valence-corrected chi connectivity index (χ0v) is 10.9. The molecular weight excluding hydrogens is 268 g/mol. The fourth-order valence-corrected chi connectivity index (χ4v) is 1.90. The third-order valence-electron chi connectivity index (χ3n) is 2.95. The second-order valence-corrected chi connectivity index (χ2v) is 4.27. The van der Waals surface area contributed by atoms with Gasteiger partial charge in [0.25, 0.3) is 5.91 Å². The summed E-state index contributed by atoms with van der Waals surface area (Å²) in [5.41, 5.74) is 2.22. The average molecular weight is 278 g/mol. The lowest BCUT2D eigenvalue weighted by molar-refractivity contribution is 0.0950. The molecule has 0 aliphatic rings. The lowest BCUT2D eigenvalue weighted by Gasteiger charge is -2.06. The Morgan fingerprint density at radius 2 is 2.19 bits per heavy atom. The molecule has 3 aromatic heterocycles. The predicted molar refractivity (Wildman–Crippen MR) is 73.1 cm³/mol. The number of nitriles is 1. The lowest BCUT2D eigenvalue weighted by Crippen LogP contribution is -2.24. The van der Waals surface area contributed by atoms with Crippen molar-refractivity contribution in [2.24, 2.45) is 0 Å². The van der Waals surface area contributed by atoms with Crippen molar-refractivity contribution in [3.05, 3.63) is 59.8 Å². The van der Waals surface area contributed by atoms with Gasteiger partial charge in [-0.3, -0.25) is 4.79 Å². The van der Waals surface area contributed by atoms with Gasteiger partial charge in [0.1, 0.15) is 18.1 Å². The molecule has 1 N–H and O–H groups in total. The second-order valence-electron chi connectivity index (χ2n) is 4.27. The van der Waals surface area contributed by atoms with E-state index in [4.69, 9.17) is 5.26 Å². The molecular formula is C14H10N6O. The zero-order chi connectivity index (χ0) is 14.7. The van der Waals surface area contributed by atoms with Gasteiger partial charge in [-0.15, -0.1) is 0 Å². The van der Waals surface area contributed by atoms with Gasteiger partial charge in [-0.2, -0.15) is 10.4 Å². The Balaban J connectivity index is 1.73. The van der Waals surface area contributed by atoms with Crippen molar-refractivity contribution >= 4 is 11.6 Å². The first-order valence-corrected chi connectivity index (χ1v) is 6.20. The van der Waals surface area contributed by atoms with Gasteiger partial charge >= 0.3 is 0 Å². The van der Waals surface area contributed by atoms with E-state index in [1.807, 2.05) is 24.3 Å². The largest absolute Gasteiger partial charge is 0.346 e. The maximum atomic E-state index is 12.0. The first-order chi connectivity index (χ1) is 10.3. The number of carbonyl (C=O) groups excluding carboxylic acids is 1. The molecule has 3 heterocycles. The Labute approximate surface area is 119 Å². The Bertz CT molecular complexity index is 831. The van der Waals surface area contributed by atoms with Crippen LogP contribution < -0.4 is 5.32 Å². The van der Waals surface area contributed by atoms with Crippen LogP contribution in [-0.2, 0) is 6.54 Å². The monoisotopic (exact) mass is 278 g/mol. The minimum absolute atomic E-state index is 0.260. The van der Waals surface area contributed by atoms with Crippen molar-refractivity contribution in [2.45, 2.75) is 6.54 Å². The smallest absolute Gasteiger partial charge is 0.253 e. The van der Waals surface area contributed by atoms with Gasteiger partial charge in [-0.25, -0.2) is 14.5 Å². The number of amides is 1. The molecule has 0 saturated carbocycles. The van der Waals surface area contributed by atoms with Crippen LogP contribution in [0.5, 0.6) is 0 Å².